The van der Waals surface area contributed by atoms with Crippen LogP contribution in [0.25, 0.3) is 0 Å². The van der Waals surface area contributed by atoms with Crippen molar-refractivity contribution < 1.29 is 9.18 Å². The maximum absolute atomic E-state index is 14.0. The number of carbonyl (C=O) groups excluding carboxylic acids is 1. The Balaban J connectivity index is 1.79. The van der Waals surface area contributed by atoms with Gasteiger partial charge in [0.25, 0.3) is 0 Å². The summed E-state index contributed by atoms with van der Waals surface area (Å²) in [6, 6.07) is 11.7. The molecule has 0 fully saturated rings. The van der Waals surface area contributed by atoms with E-state index < -0.39 is 5.82 Å². The van der Waals surface area contributed by atoms with E-state index in [2.05, 4.69) is 41.8 Å². The highest BCUT2D eigenvalue weighted by molar-refractivity contribution is 9.10. The van der Waals surface area contributed by atoms with Crippen LogP contribution < -0.4 is 21.7 Å². The highest BCUT2D eigenvalue weighted by Crippen LogP contribution is 2.30. The van der Waals surface area contributed by atoms with E-state index in [4.69, 9.17) is 5.73 Å². The van der Waals surface area contributed by atoms with Gasteiger partial charge >= 0.3 is 0 Å². The van der Waals surface area contributed by atoms with Crippen molar-refractivity contribution >= 4 is 56.2 Å². The highest BCUT2D eigenvalue weighted by Gasteiger charge is 2.11. The van der Waals surface area contributed by atoms with Crippen LogP contribution in [-0.2, 0) is 4.79 Å². The van der Waals surface area contributed by atoms with Crippen LogP contribution in [0.3, 0.4) is 0 Å². The van der Waals surface area contributed by atoms with Crippen LogP contribution in [0.15, 0.2) is 53.3 Å². The molecule has 0 saturated carbocycles. The van der Waals surface area contributed by atoms with Gasteiger partial charge in [-0.05, 0) is 42.5 Å². The molecular weight excluding hydrogens is 415 g/mol. The number of rotatable bonds is 5. The summed E-state index contributed by atoms with van der Waals surface area (Å²) in [5.74, 6) is 0.0676. The molecule has 1 heterocycles. The summed E-state index contributed by atoms with van der Waals surface area (Å²) < 4.78 is 14.7. The number of nitrogen functional groups attached to an aromatic ring is 1. The molecule has 3 aromatic rings. The average molecular weight is 431 g/mol. The molecule has 138 valence electrons. The lowest BCUT2D eigenvalue weighted by molar-refractivity contribution is -0.114. The lowest BCUT2D eigenvalue weighted by Gasteiger charge is -2.13. The smallest absolute Gasteiger partial charge is 0.221 e. The molecule has 9 heteroatoms. The lowest BCUT2D eigenvalue weighted by Crippen LogP contribution is -2.07. The summed E-state index contributed by atoms with van der Waals surface area (Å²) >= 11 is 3.21. The van der Waals surface area contributed by atoms with E-state index in [1.807, 2.05) is 0 Å². The topological polar surface area (TPSA) is 105 Å². The summed E-state index contributed by atoms with van der Waals surface area (Å²) in [7, 11) is 0. The average Bonchev–Trinajstić information content (AvgIpc) is 2.62. The number of amides is 1. The summed E-state index contributed by atoms with van der Waals surface area (Å²) in [6.45, 7) is 1.44. The van der Waals surface area contributed by atoms with Gasteiger partial charge in [0.1, 0.15) is 17.8 Å². The minimum Gasteiger partial charge on any atom is -0.393 e. The van der Waals surface area contributed by atoms with Gasteiger partial charge < -0.3 is 21.7 Å². The lowest BCUT2D eigenvalue weighted by atomic mass is 10.2. The van der Waals surface area contributed by atoms with Gasteiger partial charge in [-0.15, -0.1) is 0 Å². The number of nitrogens with one attached hydrogen (secondary N) is 3. The molecule has 1 amide bonds. The summed E-state index contributed by atoms with van der Waals surface area (Å²) in [6.07, 6.45) is 1.32. The second-order valence-electron chi connectivity index (χ2n) is 5.62. The van der Waals surface area contributed by atoms with Crippen LogP contribution in [0, 0.1) is 5.82 Å². The second kappa shape index (κ2) is 8.00. The van der Waals surface area contributed by atoms with Gasteiger partial charge in [-0.3, -0.25) is 4.79 Å². The van der Waals surface area contributed by atoms with Crippen LogP contribution in [0.2, 0.25) is 0 Å². The largest absolute Gasteiger partial charge is 0.393 e. The zero-order chi connectivity index (χ0) is 19.4. The Morgan fingerprint density at radius 1 is 1.04 bits per heavy atom. The van der Waals surface area contributed by atoms with E-state index in [1.165, 1.54) is 19.3 Å². The van der Waals surface area contributed by atoms with Gasteiger partial charge in [0.05, 0.1) is 5.69 Å². The SMILES string of the molecule is CC(=O)Nc1ccc(Nc2ncnc(Nc3ccc(Br)cc3F)c2N)cc1. The minimum absolute atomic E-state index is 0.147. The molecule has 0 aliphatic carbocycles. The van der Waals surface area contributed by atoms with Crippen LogP contribution >= 0.6 is 15.9 Å². The molecule has 2 aromatic carbocycles. The van der Waals surface area contributed by atoms with E-state index in [1.54, 1.807) is 36.4 Å². The van der Waals surface area contributed by atoms with Gasteiger partial charge in [-0.1, -0.05) is 15.9 Å². The molecule has 0 unspecified atom stereocenters. The Bertz CT molecular complexity index is 980. The predicted octanol–water partition coefficient (Wildman–Crippen LogP) is 4.41. The molecule has 3 rings (SSSR count). The van der Waals surface area contributed by atoms with Crippen molar-refractivity contribution in [1.29, 1.82) is 0 Å². The zero-order valence-electron chi connectivity index (χ0n) is 14.3. The van der Waals surface area contributed by atoms with E-state index in [0.717, 1.165) is 5.69 Å². The molecule has 0 atom stereocenters. The number of benzene rings is 2. The van der Waals surface area contributed by atoms with Crippen LogP contribution in [0.1, 0.15) is 6.92 Å². The molecule has 7 nitrogen and oxygen atoms in total. The van der Waals surface area contributed by atoms with Crippen molar-refractivity contribution in [2.75, 3.05) is 21.7 Å². The summed E-state index contributed by atoms with van der Waals surface area (Å²) in [4.78, 5) is 19.3. The minimum atomic E-state index is -0.439. The third-order valence-corrected chi connectivity index (χ3v) is 4.03. The Kier molecular flexibility index (Phi) is 5.51. The number of nitrogens with two attached hydrogens (primary N) is 1. The van der Waals surface area contributed by atoms with Crippen molar-refractivity contribution in [1.82, 2.24) is 9.97 Å². The van der Waals surface area contributed by atoms with E-state index in [9.17, 15) is 9.18 Å². The van der Waals surface area contributed by atoms with Crippen molar-refractivity contribution in [2.24, 2.45) is 0 Å². The summed E-state index contributed by atoms with van der Waals surface area (Å²) in [5.41, 5.74) is 8.00. The molecule has 0 radical (unpaired) electrons. The first kappa shape index (κ1) is 18.6. The molecule has 0 bridgehead atoms. The third kappa shape index (κ3) is 4.70. The van der Waals surface area contributed by atoms with Crippen LogP contribution in [-0.4, -0.2) is 15.9 Å². The monoisotopic (exact) mass is 430 g/mol. The maximum Gasteiger partial charge on any atom is 0.221 e. The molecule has 5 N–H and O–H groups in total. The molecule has 0 spiro atoms. The second-order valence-corrected chi connectivity index (χ2v) is 6.53. The fraction of sp³-hybridized carbons (Fsp3) is 0.0556. The number of hydrogen-bond acceptors (Lipinski definition) is 6. The first-order valence-corrected chi connectivity index (χ1v) is 8.69. The van der Waals surface area contributed by atoms with Crippen LogP contribution in [0.4, 0.5) is 38.8 Å². The number of carbonyl (C=O) groups is 1. The fourth-order valence-corrected chi connectivity index (χ4v) is 2.62. The number of anilines is 6. The first-order chi connectivity index (χ1) is 12.9. The van der Waals surface area contributed by atoms with Gasteiger partial charge in [-0.25, -0.2) is 14.4 Å². The quantitative estimate of drug-likeness (QED) is 0.477. The van der Waals surface area contributed by atoms with E-state index in [-0.39, 0.29) is 23.1 Å². The van der Waals surface area contributed by atoms with Crippen molar-refractivity contribution in [3.8, 4) is 0 Å². The van der Waals surface area contributed by atoms with Crippen molar-refractivity contribution in [3.63, 3.8) is 0 Å². The normalized spacial score (nSPS) is 10.3. The molecule has 0 aliphatic rings. The number of aromatic nitrogens is 2. The molecular formula is C18H16BrFN6O. The summed E-state index contributed by atoms with van der Waals surface area (Å²) in [5, 5.41) is 8.62. The van der Waals surface area contributed by atoms with E-state index >= 15 is 0 Å². The highest BCUT2D eigenvalue weighted by atomic mass is 79.9. The molecule has 1 aromatic heterocycles. The Morgan fingerprint density at radius 3 is 2.30 bits per heavy atom. The van der Waals surface area contributed by atoms with E-state index in [0.29, 0.717) is 16.0 Å². The van der Waals surface area contributed by atoms with Crippen molar-refractivity contribution in [2.45, 2.75) is 6.92 Å². The zero-order valence-corrected chi connectivity index (χ0v) is 15.8. The predicted molar refractivity (Wildman–Crippen MR) is 108 cm³/mol. The standard InChI is InChI=1S/C18H16BrFN6O/c1-10(27)24-12-3-5-13(6-4-12)25-17-16(21)18(23-9-22-17)26-15-7-2-11(19)8-14(15)20/h2-9H,21H2,1H3,(H,24,27)(H2,22,23,25,26). The van der Waals surface area contributed by atoms with Gasteiger partial charge in [0, 0.05) is 22.8 Å². The third-order valence-electron chi connectivity index (χ3n) is 3.54. The maximum atomic E-state index is 14.0. The fourth-order valence-electron chi connectivity index (χ4n) is 2.29. The Morgan fingerprint density at radius 2 is 1.67 bits per heavy atom. The molecule has 0 saturated heterocycles. The molecule has 0 aliphatic heterocycles. The number of halogens is 2. The van der Waals surface area contributed by atoms with Crippen LogP contribution in [0.5, 0.6) is 0 Å². The van der Waals surface area contributed by atoms with Gasteiger partial charge in [0.2, 0.25) is 5.91 Å². The number of nitrogens with zero attached hydrogens (tertiary/aromatic N) is 2. The van der Waals surface area contributed by atoms with Crippen molar-refractivity contribution in [3.05, 3.63) is 59.1 Å². The van der Waals surface area contributed by atoms with Gasteiger partial charge in [0.15, 0.2) is 11.6 Å². The Labute approximate surface area is 163 Å². The first-order valence-electron chi connectivity index (χ1n) is 7.89. The Hall–Kier alpha value is -3.20. The molecule has 27 heavy (non-hydrogen) atoms. The van der Waals surface area contributed by atoms with Gasteiger partial charge in [-0.2, -0.15) is 0 Å². The number of hydrogen-bond donors (Lipinski definition) is 4.